The van der Waals surface area contributed by atoms with E-state index in [1.807, 2.05) is 6.92 Å². The van der Waals surface area contributed by atoms with Crippen LogP contribution in [0.25, 0.3) is 0 Å². The van der Waals surface area contributed by atoms with Crippen LogP contribution >= 0.6 is 12.2 Å². The average molecular weight is 169 g/mol. The third-order valence-corrected chi connectivity index (χ3v) is 1.65. The van der Waals surface area contributed by atoms with E-state index in [1.54, 1.807) is 11.2 Å². The maximum atomic E-state index is 5.03. The van der Waals surface area contributed by atoms with E-state index in [0.717, 1.165) is 12.1 Å². The Morgan fingerprint density at radius 1 is 2.00 bits per heavy atom. The molecule has 1 aliphatic rings. The highest BCUT2D eigenvalue weighted by atomic mass is 32.1. The molecule has 60 valence electrons. The molecule has 1 aliphatic heterocycles. The summed E-state index contributed by atoms with van der Waals surface area (Å²) in [5, 5.41) is 9.44. The molecule has 0 spiro atoms. The van der Waals surface area contributed by atoms with Crippen LogP contribution in [0, 0.1) is 0 Å². The van der Waals surface area contributed by atoms with E-state index >= 15 is 0 Å². The van der Waals surface area contributed by atoms with Gasteiger partial charge in [-0.2, -0.15) is 5.10 Å². The Bertz CT molecular complexity index is 210. The highest BCUT2D eigenvalue weighted by Crippen LogP contribution is 2.03. The number of hydrogen-bond donors (Lipinski definition) is 1. The van der Waals surface area contributed by atoms with Crippen LogP contribution in [0.15, 0.2) is 17.3 Å². The quantitative estimate of drug-likeness (QED) is 0.587. The SMILES string of the molecule is C=C1C=NN(C(=S)NCC)C1. The van der Waals surface area contributed by atoms with Crippen LogP contribution in [-0.4, -0.2) is 29.4 Å². The van der Waals surface area contributed by atoms with Crippen LogP contribution in [0.3, 0.4) is 0 Å². The lowest BCUT2D eigenvalue weighted by Gasteiger charge is -2.14. The Kier molecular flexibility index (Phi) is 2.59. The third kappa shape index (κ3) is 2.01. The molecule has 0 amide bonds. The predicted molar refractivity (Wildman–Crippen MR) is 50.6 cm³/mol. The van der Waals surface area contributed by atoms with Crippen molar-refractivity contribution in [2.45, 2.75) is 6.92 Å². The van der Waals surface area contributed by atoms with Gasteiger partial charge in [0.05, 0.1) is 12.8 Å². The molecule has 3 nitrogen and oxygen atoms in total. The topological polar surface area (TPSA) is 27.6 Å². The van der Waals surface area contributed by atoms with Gasteiger partial charge in [-0.15, -0.1) is 0 Å². The normalized spacial score (nSPS) is 15.7. The first-order valence-corrected chi connectivity index (χ1v) is 3.92. The Hall–Kier alpha value is -0.900. The molecular weight excluding hydrogens is 158 g/mol. The summed E-state index contributed by atoms with van der Waals surface area (Å²) in [6.45, 7) is 7.31. The largest absolute Gasteiger partial charge is 0.361 e. The monoisotopic (exact) mass is 169 g/mol. The van der Waals surface area contributed by atoms with Crippen LogP contribution in [-0.2, 0) is 0 Å². The van der Waals surface area contributed by atoms with Gasteiger partial charge in [-0.25, -0.2) is 5.01 Å². The molecule has 0 unspecified atom stereocenters. The van der Waals surface area contributed by atoms with Crippen LogP contribution < -0.4 is 5.32 Å². The maximum absolute atomic E-state index is 5.03. The zero-order valence-corrected chi connectivity index (χ0v) is 7.32. The number of thiocarbonyl (C=S) groups is 1. The minimum atomic E-state index is 0.669. The van der Waals surface area contributed by atoms with Crippen molar-refractivity contribution in [2.75, 3.05) is 13.1 Å². The standard InChI is InChI=1S/C7H11N3S/c1-3-8-7(11)10-5-6(2)4-9-10/h4H,2-3,5H2,1H3,(H,8,11). The second-order valence-electron chi connectivity index (χ2n) is 2.30. The Labute approximate surface area is 71.8 Å². The van der Waals surface area contributed by atoms with Crippen molar-refractivity contribution in [3.63, 3.8) is 0 Å². The summed E-state index contributed by atoms with van der Waals surface area (Å²) in [6, 6.07) is 0. The van der Waals surface area contributed by atoms with E-state index in [0.29, 0.717) is 11.7 Å². The van der Waals surface area contributed by atoms with Gasteiger partial charge in [-0.1, -0.05) is 6.58 Å². The molecule has 0 aromatic carbocycles. The fraction of sp³-hybridized carbons (Fsp3) is 0.429. The number of nitrogens with one attached hydrogen (secondary N) is 1. The Morgan fingerprint density at radius 3 is 3.18 bits per heavy atom. The minimum absolute atomic E-state index is 0.669. The first-order valence-electron chi connectivity index (χ1n) is 3.51. The fourth-order valence-corrected chi connectivity index (χ4v) is 1.05. The van der Waals surface area contributed by atoms with E-state index in [1.165, 1.54) is 0 Å². The van der Waals surface area contributed by atoms with Crippen molar-refractivity contribution in [1.29, 1.82) is 0 Å². The molecule has 0 radical (unpaired) electrons. The van der Waals surface area contributed by atoms with Crippen molar-refractivity contribution < 1.29 is 0 Å². The third-order valence-electron chi connectivity index (χ3n) is 1.29. The lowest BCUT2D eigenvalue weighted by Crippen LogP contribution is -2.34. The lowest BCUT2D eigenvalue weighted by molar-refractivity contribution is 0.502. The maximum Gasteiger partial charge on any atom is 0.189 e. The van der Waals surface area contributed by atoms with Crippen LogP contribution in [0.5, 0.6) is 0 Å². The molecule has 0 bridgehead atoms. The summed E-state index contributed by atoms with van der Waals surface area (Å²) in [5.41, 5.74) is 0.991. The van der Waals surface area contributed by atoms with E-state index in [2.05, 4.69) is 17.0 Å². The molecular formula is C7H11N3S. The van der Waals surface area contributed by atoms with Crippen LogP contribution in [0.1, 0.15) is 6.92 Å². The predicted octanol–water partition coefficient (Wildman–Crippen LogP) is 0.738. The molecule has 0 saturated carbocycles. The van der Waals surface area contributed by atoms with Crippen molar-refractivity contribution in [3.05, 3.63) is 12.2 Å². The molecule has 0 fully saturated rings. The zero-order valence-electron chi connectivity index (χ0n) is 6.50. The molecule has 0 aromatic heterocycles. The van der Waals surface area contributed by atoms with Crippen LogP contribution in [0.4, 0.5) is 0 Å². The summed E-state index contributed by atoms with van der Waals surface area (Å²) in [7, 11) is 0. The van der Waals surface area contributed by atoms with Crippen LogP contribution in [0.2, 0.25) is 0 Å². The molecule has 1 N–H and O–H groups in total. The second kappa shape index (κ2) is 3.48. The van der Waals surface area contributed by atoms with Crippen molar-refractivity contribution >= 4 is 23.5 Å². The smallest absolute Gasteiger partial charge is 0.189 e. The van der Waals surface area contributed by atoms with Crippen molar-refractivity contribution in [2.24, 2.45) is 5.10 Å². The highest BCUT2D eigenvalue weighted by molar-refractivity contribution is 7.80. The van der Waals surface area contributed by atoms with E-state index in [4.69, 9.17) is 12.2 Å². The lowest BCUT2D eigenvalue weighted by atomic mass is 10.3. The van der Waals surface area contributed by atoms with Crippen molar-refractivity contribution in [3.8, 4) is 0 Å². The minimum Gasteiger partial charge on any atom is -0.361 e. The van der Waals surface area contributed by atoms with Gasteiger partial charge >= 0.3 is 0 Å². The number of hydrogen-bond acceptors (Lipinski definition) is 2. The molecule has 0 aromatic rings. The van der Waals surface area contributed by atoms with E-state index < -0.39 is 0 Å². The van der Waals surface area contributed by atoms with Gasteiger partial charge in [0.15, 0.2) is 5.11 Å². The molecule has 11 heavy (non-hydrogen) atoms. The summed E-state index contributed by atoms with van der Waals surface area (Å²) in [4.78, 5) is 0. The summed E-state index contributed by atoms with van der Waals surface area (Å²) >= 11 is 5.03. The summed E-state index contributed by atoms with van der Waals surface area (Å²) < 4.78 is 0. The molecule has 0 atom stereocenters. The fourth-order valence-electron chi connectivity index (χ4n) is 0.792. The summed E-state index contributed by atoms with van der Waals surface area (Å²) in [5.74, 6) is 0. The van der Waals surface area contributed by atoms with Gasteiger partial charge in [0.1, 0.15) is 0 Å². The Balaban J connectivity index is 2.44. The molecule has 0 aliphatic carbocycles. The van der Waals surface area contributed by atoms with E-state index in [9.17, 15) is 0 Å². The van der Waals surface area contributed by atoms with E-state index in [-0.39, 0.29) is 0 Å². The van der Waals surface area contributed by atoms with Gasteiger partial charge < -0.3 is 5.32 Å². The number of nitrogens with zero attached hydrogens (tertiary/aromatic N) is 2. The van der Waals surface area contributed by atoms with Crippen molar-refractivity contribution in [1.82, 2.24) is 10.3 Å². The first kappa shape index (κ1) is 8.20. The second-order valence-corrected chi connectivity index (χ2v) is 2.68. The zero-order chi connectivity index (χ0) is 8.27. The Morgan fingerprint density at radius 2 is 2.73 bits per heavy atom. The van der Waals surface area contributed by atoms with Gasteiger partial charge in [0.2, 0.25) is 0 Å². The first-order chi connectivity index (χ1) is 5.24. The molecule has 1 heterocycles. The van der Waals surface area contributed by atoms with Gasteiger partial charge in [0, 0.05) is 6.54 Å². The van der Waals surface area contributed by atoms with Gasteiger partial charge in [0.25, 0.3) is 0 Å². The number of rotatable bonds is 1. The summed E-state index contributed by atoms with van der Waals surface area (Å²) in [6.07, 6.45) is 1.73. The highest BCUT2D eigenvalue weighted by Gasteiger charge is 2.12. The van der Waals surface area contributed by atoms with Gasteiger partial charge in [-0.05, 0) is 24.7 Å². The molecule has 0 saturated heterocycles. The molecule has 4 heteroatoms. The molecule has 1 rings (SSSR count). The van der Waals surface area contributed by atoms with Gasteiger partial charge in [-0.3, -0.25) is 0 Å². The number of hydrazone groups is 1. The average Bonchev–Trinajstić information content (AvgIpc) is 2.36.